The minimum Gasteiger partial charge on any atom is -0.497 e. The third-order valence-electron chi connectivity index (χ3n) is 4.80. The molecule has 4 aromatic rings. The molecule has 7 heteroatoms. The zero-order chi connectivity index (χ0) is 21.6. The van der Waals surface area contributed by atoms with Gasteiger partial charge in [-0.2, -0.15) is 5.10 Å². The Morgan fingerprint density at radius 2 is 1.81 bits per heavy atom. The molecule has 0 aliphatic heterocycles. The molecule has 2 aromatic carbocycles. The Kier molecular flexibility index (Phi) is 5.93. The van der Waals surface area contributed by atoms with Gasteiger partial charge in [-0.3, -0.25) is 9.78 Å². The number of pyridine rings is 1. The van der Waals surface area contributed by atoms with Crippen LogP contribution in [0.2, 0.25) is 0 Å². The Morgan fingerprint density at radius 1 is 1.00 bits per heavy atom. The van der Waals surface area contributed by atoms with Crippen LogP contribution >= 0.6 is 0 Å². The molecule has 2 aromatic heterocycles. The van der Waals surface area contributed by atoms with Crippen molar-refractivity contribution in [2.24, 2.45) is 0 Å². The largest absolute Gasteiger partial charge is 0.497 e. The Hall–Kier alpha value is -4.13. The zero-order valence-electron chi connectivity index (χ0n) is 17.3. The van der Waals surface area contributed by atoms with Crippen molar-refractivity contribution in [3.05, 3.63) is 90.4 Å². The van der Waals surface area contributed by atoms with Crippen LogP contribution < -0.4 is 14.8 Å². The second kappa shape index (κ2) is 9.13. The minimum absolute atomic E-state index is 0.257. The summed E-state index contributed by atoms with van der Waals surface area (Å²) in [7, 11) is 3.18. The van der Waals surface area contributed by atoms with Gasteiger partial charge in [-0.25, -0.2) is 4.68 Å². The highest BCUT2D eigenvalue weighted by Crippen LogP contribution is 2.35. The average molecular weight is 414 g/mol. The van der Waals surface area contributed by atoms with Crippen LogP contribution in [0, 0.1) is 0 Å². The van der Waals surface area contributed by atoms with Crippen molar-refractivity contribution in [2.45, 2.75) is 6.54 Å². The molecular formula is C24H22N4O3. The van der Waals surface area contributed by atoms with Crippen LogP contribution in [0.5, 0.6) is 11.5 Å². The molecular weight excluding hydrogens is 392 g/mol. The molecule has 31 heavy (non-hydrogen) atoms. The second-order valence-corrected chi connectivity index (χ2v) is 6.74. The van der Waals surface area contributed by atoms with Crippen LogP contribution in [0.25, 0.3) is 16.9 Å². The highest BCUT2D eigenvalue weighted by atomic mass is 16.5. The summed E-state index contributed by atoms with van der Waals surface area (Å²) in [5.74, 6) is 0.982. The number of nitrogens with one attached hydrogen (secondary N) is 1. The smallest absolute Gasteiger partial charge is 0.255 e. The first-order valence-electron chi connectivity index (χ1n) is 9.75. The van der Waals surface area contributed by atoms with E-state index in [1.165, 1.54) is 0 Å². The molecule has 0 aliphatic rings. The number of hydrogen-bond acceptors (Lipinski definition) is 5. The minimum atomic E-state index is -0.257. The number of rotatable bonds is 7. The average Bonchev–Trinajstić information content (AvgIpc) is 3.29. The molecule has 4 rings (SSSR count). The van der Waals surface area contributed by atoms with Gasteiger partial charge in [0.1, 0.15) is 17.2 Å². The molecule has 156 valence electrons. The summed E-state index contributed by atoms with van der Waals surface area (Å²) in [6.45, 7) is 0.310. The third kappa shape index (κ3) is 4.40. The number of benzene rings is 2. The van der Waals surface area contributed by atoms with Gasteiger partial charge in [0.2, 0.25) is 0 Å². The van der Waals surface area contributed by atoms with Gasteiger partial charge in [0.05, 0.1) is 37.7 Å². The van der Waals surface area contributed by atoms with E-state index in [0.717, 1.165) is 11.4 Å². The van der Waals surface area contributed by atoms with Gasteiger partial charge in [0, 0.05) is 18.0 Å². The highest BCUT2D eigenvalue weighted by Gasteiger charge is 2.22. The molecule has 0 bridgehead atoms. The van der Waals surface area contributed by atoms with E-state index in [1.807, 2.05) is 54.6 Å². The number of hydrogen-bond donors (Lipinski definition) is 1. The lowest BCUT2D eigenvalue weighted by atomic mass is 10.1. The van der Waals surface area contributed by atoms with Gasteiger partial charge in [0.15, 0.2) is 0 Å². The van der Waals surface area contributed by atoms with Crippen molar-refractivity contribution in [2.75, 3.05) is 14.2 Å². The van der Waals surface area contributed by atoms with Crippen LogP contribution in [-0.4, -0.2) is 34.9 Å². The maximum absolute atomic E-state index is 13.1. The summed E-state index contributed by atoms with van der Waals surface area (Å²) in [5.41, 5.74) is 3.20. The summed E-state index contributed by atoms with van der Waals surface area (Å²) >= 11 is 0. The van der Waals surface area contributed by atoms with E-state index in [4.69, 9.17) is 14.6 Å². The van der Waals surface area contributed by atoms with Crippen LogP contribution in [0.4, 0.5) is 0 Å². The molecule has 0 fully saturated rings. The van der Waals surface area contributed by atoms with Crippen molar-refractivity contribution < 1.29 is 14.3 Å². The number of carbonyl (C=O) groups excluding carboxylic acids is 1. The number of amides is 1. The topological polar surface area (TPSA) is 78.3 Å². The normalized spacial score (nSPS) is 10.5. The van der Waals surface area contributed by atoms with E-state index < -0.39 is 0 Å². The fourth-order valence-electron chi connectivity index (χ4n) is 3.22. The Balaban J connectivity index is 1.76. The molecule has 0 aliphatic carbocycles. The molecule has 0 spiro atoms. The van der Waals surface area contributed by atoms with Crippen molar-refractivity contribution in [3.8, 4) is 28.4 Å². The number of carbonyl (C=O) groups is 1. The lowest BCUT2D eigenvalue weighted by molar-refractivity contribution is 0.0951. The Morgan fingerprint density at radius 3 is 2.52 bits per heavy atom. The van der Waals surface area contributed by atoms with Crippen molar-refractivity contribution in [3.63, 3.8) is 0 Å². The monoisotopic (exact) mass is 414 g/mol. The van der Waals surface area contributed by atoms with Crippen LogP contribution in [0.15, 0.2) is 79.1 Å². The Labute approximate surface area is 180 Å². The molecule has 0 saturated carbocycles. The number of aromatic nitrogens is 3. The summed E-state index contributed by atoms with van der Waals surface area (Å²) in [6.07, 6.45) is 3.42. The maximum Gasteiger partial charge on any atom is 0.255 e. The first-order valence-corrected chi connectivity index (χ1v) is 9.75. The van der Waals surface area contributed by atoms with E-state index >= 15 is 0 Å². The predicted octanol–water partition coefficient (Wildman–Crippen LogP) is 3.88. The number of nitrogens with zero attached hydrogens (tertiary/aromatic N) is 3. The quantitative estimate of drug-likeness (QED) is 0.497. The molecule has 0 atom stereocenters. The zero-order valence-corrected chi connectivity index (χ0v) is 17.3. The van der Waals surface area contributed by atoms with Gasteiger partial charge in [0.25, 0.3) is 5.91 Å². The van der Waals surface area contributed by atoms with Gasteiger partial charge >= 0.3 is 0 Å². The molecule has 0 unspecified atom stereocenters. The van der Waals surface area contributed by atoms with E-state index in [9.17, 15) is 4.79 Å². The molecule has 1 amide bonds. The highest BCUT2D eigenvalue weighted by molar-refractivity contribution is 6.00. The third-order valence-corrected chi connectivity index (χ3v) is 4.80. The van der Waals surface area contributed by atoms with Crippen molar-refractivity contribution in [1.82, 2.24) is 20.1 Å². The summed E-state index contributed by atoms with van der Waals surface area (Å²) in [4.78, 5) is 17.4. The van der Waals surface area contributed by atoms with E-state index in [0.29, 0.717) is 34.9 Å². The lowest BCUT2D eigenvalue weighted by Gasteiger charge is -2.10. The SMILES string of the molecule is COc1ccc(OC)c(-c2nn(-c3ccccc3)cc2C(=O)NCc2ccccn2)c1. The lowest BCUT2D eigenvalue weighted by Crippen LogP contribution is -2.23. The van der Waals surface area contributed by atoms with Crippen LogP contribution in [0.3, 0.4) is 0 Å². The van der Waals surface area contributed by atoms with Gasteiger partial charge in [-0.1, -0.05) is 24.3 Å². The first-order chi connectivity index (χ1) is 15.2. The number of para-hydroxylation sites is 1. The number of ether oxygens (including phenoxy) is 2. The second-order valence-electron chi connectivity index (χ2n) is 6.74. The van der Waals surface area contributed by atoms with Gasteiger partial charge in [-0.05, 0) is 42.5 Å². The summed E-state index contributed by atoms with van der Waals surface area (Å²) in [6, 6.07) is 20.6. The van der Waals surface area contributed by atoms with Gasteiger partial charge in [-0.15, -0.1) is 0 Å². The Bertz CT molecular complexity index is 1170. The fraction of sp³-hybridized carbons (Fsp3) is 0.125. The molecule has 0 radical (unpaired) electrons. The molecule has 2 heterocycles. The number of methoxy groups -OCH3 is 2. The fourth-order valence-corrected chi connectivity index (χ4v) is 3.22. The standard InChI is InChI=1S/C24H22N4O3/c1-30-19-11-12-22(31-2)20(14-19)23-21(16-28(27-23)18-9-4-3-5-10-18)24(29)26-15-17-8-6-7-13-25-17/h3-14,16H,15H2,1-2H3,(H,26,29). The van der Waals surface area contributed by atoms with Gasteiger partial charge < -0.3 is 14.8 Å². The van der Waals surface area contributed by atoms with Crippen LogP contribution in [-0.2, 0) is 6.54 Å². The van der Waals surface area contributed by atoms with Crippen LogP contribution in [0.1, 0.15) is 16.1 Å². The maximum atomic E-state index is 13.1. The van der Waals surface area contributed by atoms with E-state index in [2.05, 4.69) is 10.3 Å². The van der Waals surface area contributed by atoms with E-state index in [1.54, 1.807) is 43.4 Å². The summed E-state index contributed by atoms with van der Waals surface area (Å²) in [5, 5.41) is 7.64. The molecule has 0 saturated heterocycles. The summed E-state index contributed by atoms with van der Waals surface area (Å²) < 4.78 is 12.6. The molecule has 1 N–H and O–H groups in total. The molecule has 7 nitrogen and oxygen atoms in total. The predicted molar refractivity (Wildman–Crippen MR) is 118 cm³/mol. The van der Waals surface area contributed by atoms with Crippen molar-refractivity contribution >= 4 is 5.91 Å². The van der Waals surface area contributed by atoms with E-state index in [-0.39, 0.29) is 5.91 Å². The van der Waals surface area contributed by atoms with Crippen molar-refractivity contribution in [1.29, 1.82) is 0 Å². The first kappa shape index (κ1) is 20.2.